The van der Waals surface area contributed by atoms with Gasteiger partial charge in [0.05, 0.1) is 4.90 Å². The highest BCUT2D eigenvalue weighted by Crippen LogP contribution is 2.16. The van der Waals surface area contributed by atoms with Gasteiger partial charge in [0, 0.05) is 17.7 Å². The van der Waals surface area contributed by atoms with E-state index < -0.39 is 40.8 Å². The Kier molecular flexibility index (Phi) is 6.85. The Morgan fingerprint density at radius 2 is 1.54 bits per heavy atom. The average molecular weight is 406 g/mol. The molecule has 148 valence electrons. The van der Waals surface area contributed by atoms with E-state index in [1.165, 1.54) is 24.3 Å². The Hall–Kier alpha value is -3.24. The maximum Gasteiger partial charge on any atom is 0.321 e. The fraction of sp³-hybridized carbons (Fsp3) is 0.167. The van der Waals surface area contributed by atoms with Crippen LogP contribution in [0.2, 0.25) is 0 Å². The van der Waals surface area contributed by atoms with Gasteiger partial charge in [-0.1, -0.05) is 18.2 Å². The number of benzene rings is 2. The van der Waals surface area contributed by atoms with Gasteiger partial charge in [-0.25, -0.2) is 8.42 Å². The van der Waals surface area contributed by atoms with E-state index in [0.717, 1.165) is 0 Å². The highest BCUT2D eigenvalue weighted by Gasteiger charge is 2.26. The second kappa shape index (κ2) is 9.11. The molecule has 2 aromatic rings. The number of carbonyl (C=O) groups is 3. The van der Waals surface area contributed by atoms with Crippen molar-refractivity contribution >= 4 is 33.6 Å². The van der Waals surface area contributed by atoms with Gasteiger partial charge in [-0.15, -0.1) is 0 Å². The van der Waals surface area contributed by atoms with Crippen LogP contribution in [-0.2, 0) is 19.6 Å². The van der Waals surface area contributed by atoms with Gasteiger partial charge in [0.1, 0.15) is 6.04 Å². The van der Waals surface area contributed by atoms with Gasteiger partial charge >= 0.3 is 11.9 Å². The van der Waals surface area contributed by atoms with E-state index in [0.29, 0.717) is 11.3 Å². The Labute approximate surface area is 161 Å². The first-order valence-electron chi connectivity index (χ1n) is 8.12. The van der Waals surface area contributed by atoms with Crippen molar-refractivity contribution in [2.45, 2.75) is 23.8 Å². The Balaban J connectivity index is 2.09. The van der Waals surface area contributed by atoms with E-state index in [4.69, 9.17) is 10.2 Å². The van der Waals surface area contributed by atoms with Crippen LogP contribution >= 0.6 is 0 Å². The van der Waals surface area contributed by atoms with E-state index in [-0.39, 0.29) is 10.8 Å². The summed E-state index contributed by atoms with van der Waals surface area (Å²) in [7, 11) is -4.19. The first kappa shape index (κ1) is 21.1. The number of hydrogen-bond acceptors (Lipinski definition) is 5. The van der Waals surface area contributed by atoms with Gasteiger partial charge in [-0.05, 0) is 42.8 Å². The Bertz CT molecular complexity index is 957. The molecule has 4 N–H and O–H groups in total. The molecule has 0 bridgehead atoms. The van der Waals surface area contributed by atoms with Crippen molar-refractivity contribution in [3.05, 3.63) is 60.2 Å². The van der Waals surface area contributed by atoms with Crippen molar-refractivity contribution in [2.24, 2.45) is 0 Å². The number of carboxylic acid groups (broad SMARTS) is 2. The lowest BCUT2D eigenvalue weighted by Gasteiger charge is -2.14. The van der Waals surface area contributed by atoms with Crippen molar-refractivity contribution in [3.63, 3.8) is 0 Å². The van der Waals surface area contributed by atoms with E-state index in [1.807, 2.05) is 4.72 Å². The third kappa shape index (κ3) is 5.89. The third-order valence-electron chi connectivity index (χ3n) is 3.70. The molecule has 1 atom stereocenters. The SMILES string of the molecule is O=C(O)CCC(NS(=O)(=O)c1ccc(NC(=O)c2ccccc2)cc1)C(=O)O. The number of nitrogens with one attached hydrogen (secondary N) is 2. The predicted octanol–water partition coefficient (Wildman–Crippen LogP) is 1.54. The molecule has 0 aliphatic heterocycles. The van der Waals surface area contributed by atoms with E-state index >= 15 is 0 Å². The standard InChI is InChI=1S/C18H18N2O7S/c21-16(22)11-10-15(18(24)25)20-28(26,27)14-8-6-13(7-9-14)19-17(23)12-4-2-1-3-5-12/h1-9,15,20H,10-11H2,(H,19,23)(H,21,22)(H,24,25). The number of amides is 1. The number of hydrogen-bond donors (Lipinski definition) is 4. The van der Waals surface area contributed by atoms with Crippen LogP contribution < -0.4 is 10.0 Å². The van der Waals surface area contributed by atoms with Gasteiger partial charge in [0.25, 0.3) is 5.91 Å². The summed E-state index contributed by atoms with van der Waals surface area (Å²) >= 11 is 0. The number of sulfonamides is 1. The van der Waals surface area contributed by atoms with Gasteiger partial charge in [-0.3, -0.25) is 14.4 Å². The second-order valence-corrected chi connectivity index (χ2v) is 7.50. The summed E-state index contributed by atoms with van der Waals surface area (Å²) in [6.45, 7) is 0. The molecule has 1 unspecified atom stereocenters. The minimum absolute atomic E-state index is 0.216. The van der Waals surface area contributed by atoms with E-state index in [9.17, 15) is 22.8 Å². The van der Waals surface area contributed by atoms with Crippen molar-refractivity contribution in [2.75, 3.05) is 5.32 Å². The zero-order valence-corrected chi connectivity index (χ0v) is 15.3. The fourth-order valence-electron chi connectivity index (χ4n) is 2.27. The van der Waals surface area contributed by atoms with Crippen LogP contribution in [0.5, 0.6) is 0 Å². The van der Waals surface area contributed by atoms with Crippen LogP contribution in [0.3, 0.4) is 0 Å². The molecule has 0 aliphatic carbocycles. The minimum atomic E-state index is -4.19. The van der Waals surface area contributed by atoms with Crippen LogP contribution in [-0.4, -0.2) is 42.5 Å². The molecular weight excluding hydrogens is 388 g/mol. The summed E-state index contributed by atoms with van der Waals surface area (Å²) < 4.78 is 26.6. The van der Waals surface area contributed by atoms with Gasteiger partial charge in [0.15, 0.2) is 0 Å². The summed E-state index contributed by atoms with van der Waals surface area (Å²) in [4.78, 5) is 33.6. The smallest absolute Gasteiger partial charge is 0.321 e. The van der Waals surface area contributed by atoms with Crippen LogP contribution in [0.15, 0.2) is 59.5 Å². The monoisotopic (exact) mass is 406 g/mol. The largest absolute Gasteiger partial charge is 0.481 e. The maximum atomic E-state index is 12.3. The van der Waals surface area contributed by atoms with Crippen LogP contribution in [0.1, 0.15) is 23.2 Å². The van der Waals surface area contributed by atoms with Gasteiger partial charge in [-0.2, -0.15) is 4.72 Å². The summed E-state index contributed by atoms with van der Waals surface area (Å²) in [5, 5.41) is 20.3. The van der Waals surface area contributed by atoms with Gasteiger partial charge in [0.2, 0.25) is 10.0 Å². The zero-order valence-electron chi connectivity index (χ0n) is 14.5. The van der Waals surface area contributed by atoms with E-state index in [1.54, 1.807) is 30.3 Å². The van der Waals surface area contributed by atoms with E-state index in [2.05, 4.69) is 5.32 Å². The number of carboxylic acids is 2. The molecule has 2 rings (SSSR count). The molecule has 0 radical (unpaired) electrons. The molecular formula is C18H18N2O7S. The second-order valence-electron chi connectivity index (χ2n) is 5.79. The highest BCUT2D eigenvalue weighted by molar-refractivity contribution is 7.89. The molecule has 0 spiro atoms. The summed E-state index contributed by atoms with van der Waals surface area (Å²) in [6, 6.07) is 12.0. The van der Waals surface area contributed by atoms with Crippen LogP contribution in [0.4, 0.5) is 5.69 Å². The van der Waals surface area contributed by atoms with Gasteiger partial charge < -0.3 is 15.5 Å². The number of rotatable bonds is 9. The van der Waals surface area contributed by atoms with Crippen LogP contribution in [0.25, 0.3) is 0 Å². The maximum absolute atomic E-state index is 12.3. The lowest BCUT2D eigenvalue weighted by atomic mass is 10.2. The molecule has 28 heavy (non-hydrogen) atoms. The molecule has 2 aromatic carbocycles. The quantitative estimate of drug-likeness (QED) is 0.493. The van der Waals surface area contributed by atoms with Crippen molar-refractivity contribution in [1.29, 1.82) is 0 Å². The van der Waals surface area contributed by atoms with Crippen molar-refractivity contribution in [3.8, 4) is 0 Å². The number of anilines is 1. The fourth-order valence-corrected chi connectivity index (χ4v) is 3.49. The molecule has 0 fully saturated rings. The molecule has 0 heterocycles. The first-order valence-corrected chi connectivity index (χ1v) is 9.61. The normalized spacial score (nSPS) is 12.1. The molecule has 0 saturated heterocycles. The first-order chi connectivity index (χ1) is 13.2. The minimum Gasteiger partial charge on any atom is -0.481 e. The summed E-state index contributed by atoms with van der Waals surface area (Å²) in [6.07, 6.45) is -0.890. The van der Waals surface area contributed by atoms with Crippen LogP contribution in [0, 0.1) is 0 Å². The number of carbonyl (C=O) groups excluding carboxylic acids is 1. The molecule has 0 saturated carbocycles. The highest BCUT2D eigenvalue weighted by atomic mass is 32.2. The van der Waals surface area contributed by atoms with Crippen molar-refractivity contribution in [1.82, 2.24) is 4.72 Å². The lowest BCUT2D eigenvalue weighted by Crippen LogP contribution is -2.41. The summed E-state index contributed by atoms with van der Waals surface area (Å²) in [5.74, 6) is -3.07. The zero-order chi connectivity index (χ0) is 20.7. The average Bonchev–Trinajstić information content (AvgIpc) is 2.66. The van der Waals surface area contributed by atoms with Crippen molar-refractivity contribution < 1.29 is 33.0 Å². The molecule has 0 aliphatic rings. The topological polar surface area (TPSA) is 150 Å². The Morgan fingerprint density at radius 1 is 0.929 bits per heavy atom. The Morgan fingerprint density at radius 3 is 2.07 bits per heavy atom. The molecule has 10 heteroatoms. The molecule has 1 amide bonds. The molecule has 9 nitrogen and oxygen atoms in total. The predicted molar refractivity (Wildman–Crippen MR) is 99.5 cm³/mol. The molecule has 0 aromatic heterocycles. The lowest BCUT2D eigenvalue weighted by molar-refractivity contribution is -0.140. The number of aliphatic carboxylic acids is 2. The third-order valence-corrected chi connectivity index (χ3v) is 5.19. The summed E-state index contributed by atoms with van der Waals surface area (Å²) in [5.41, 5.74) is 0.789.